The van der Waals surface area contributed by atoms with Crippen LogP contribution in [0.3, 0.4) is 0 Å². The molecule has 0 aliphatic heterocycles. The summed E-state index contributed by atoms with van der Waals surface area (Å²) < 4.78 is 1.26. The fraction of sp³-hybridized carbons (Fsp3) is 0.308. The Kier molecular flexibility index (Phi) is 4.27. The van der Waals surface area contributed by atoms with Gasteiger partial charge in [-0.15, -0.1) is 5.10 Å². The van der Waals surface area contributed by atoms with Gasteiger partial charge in [0.05, 0.1) is 0 Å². The highest BCUT2D eigenvalue weighted by molar-refractivity contribution is 5.92. The number of carbonyl (C=O) groups excluding carboxylic acids is 1. The zero-order valence-electron chi connectivity index (χ0n) is 11.6. The summed E-state index contributed by atoms with van der Waals surface area (Å²) in [4.78, 5) is 27.0. The van der Waals surface area contributed by atoms with Crippen LogP contribution >= 0.6 is 0 Å². The minimum Gasteiger partial charge on any atom is -0.476 e. The van der Waals surface area contributed by atoms with Gasteiger partial charge in [-0.3, -0.25) is 9.78 Å². The number of carbonyl (C=O) groups is 2. The molecule has 0 atom stereocenters. The fourth-order valence-electron chi connectivity index (χ4n) is 1.86. The molecule has 0 aliphatic rings. The molecule has 0 saturated carbocycles. The van der Waals surface area contributed by atoms with Crippen molar-refractivity contribution in [3.63, 3.8) is 0 Å². The summed E-state index contributed by atoms with van der Waals surface area (Å²) in [5.74, 6) is -1.47. The van der Waals surface area contributed by atoms with Crippen molar-refractivity contribution in [1.82, 2.24) is 25.3 Å². The Morgan fingerprint density at radius 2 is 2.19 bits per heavy atom. The number of pyridine rings is 1. The van der Waals surface area contributed by atoms with Gasteiger partial charge < -0.3 is 10.4 Å². The highest BCUT2D eigenvalue weighted by Crippen LogP contribution is 2.21. The third-order valence-electron chi connectivity index (χ3n) is 2.62. The largest absolute Gasteiger partial charge is 0.476 e. The summed E-state index contributed by atoms with van der Waals surface area (Å²) in [5, 5.41) is 19.3. The van der Waals surface area contributed by atoms with Gasteiger partial charge in [0.15, 0.2) is 5.69 Å². The zero-order valence-corrected chi connectivity index (χ0v) is 11.6. The Morgan fingerprint density at radius 3 is 2.76 bits per heavy atom. The van der Waals surface area contributed by atoms with E-state index < -0.39 is 5.97 Å². The van der Waals surface area contributed by atoms with Crippen LogP contribution in [0.1, 0.15) is 24.3 Å². The topological polar surface area (TPSA) is 110 Å². The van der Waals surface area contributed by atoms with Crippen molar-refractivity contribution in [2.24, 2.45) is 0 Å². The molecule has 0 aliphatic carbocycles. The third-order valence-corrected chi connectivity index (χ3v) is 2.62. The van der Waals surface area contributed by atoms with E-state index in [0.29, 0.717) is 5.56 Å². The average molecular weight is 289 g/mol. The van der Waals surface area contributed by atoms with Crippen LogP contribution in [0.15, 0.2) is 24.5 Å². The lowest BCUT2D eigenvalue weighted by molar-refractivity contribution is -0.122. The predicted molar refractivity (Wildman–Crippen MR) is 73.5 cm³/mol. The molecular weight excluding hydrogens is 274 g/mol. The maximum atomic E-state index is 11.8. The number of aromatic carboxylic acids is 1. The van der Waals surface area contributed by atoms with Gasteiger partial charge in [-0.1, -0.05) is 5.21 Å². The van der Waals surface area contributed by atoms with Crippen molar-refractivity contribution >= 4 is 11.9 Å². The highest BCUT2D eigenvalue weighted by Gasteiger charge is 2.22. The number of hydrogen-bond acceptors (Lipinski definition) is 5. The summed E-state index contributed by atoms with van der Waals surface area (Å²) in [6.07, 6.45) is 3.07. The zero-order chi connectivity index (χ0) is 15.4. The molecule has 2 aromatic rings. The second-order valence-electron chi connectivity index (χ2n) is 4.71. The minimum absolute atomic E-state index is 0.0122. The molecule has 0 unspecified atom stereocenters. The van der Waals surface area contributed by atoms with E-state index >= 15 is 0 Å². The molecule has 21 heavy (non-hydrogen) atoms. The lowest BCUT2D eigenvalue weighted by Gasteiger charge is -2.10. The van der Waals surface area contributed by atoms with E-state index in [1.54, 1.807) is 18.3 Å². The molecule has 0 spiro atoms. The third kappa shape index (κ3) is 3.41. The summed E-state index contributed by atoms with van der Waals surface area (Å²) >= 11 is 0. The SMILES string of the molecule is CC(C)NC(=O)Cn1nnc(C(=O)O)c1-c1cccnc1. The van der Waals surface area contributed by atoms with Crippen LogP contribution in [0.25, 0.3) is 11.3 Å². The molecule has 0 saturated heterocycles. The number of nitrogens with zero attached hydrogens (tertiary/aromatic N) is 4. The van der Waals surface area contributed by atoms with Crippen LogP contribution in [0.5, 0.6) is 0 Å². The quantitative estimate of drug-likeness (QED) is 0.832. The summed E-state index contributed by atoms with van der Waals surface area (Å²) in [6.45, 7) is 3.57. The van der Waals surface area contributed by atoms with Gasteiger partial charge in [0.2, 0.25) is 5.91 Å². The molecule has 2 rings (SSSR count). The maximum Gasteiger partial charge on any atom is 0.358 e. The Labute approximate surface area is 120 Å². The van der Waals surface area contributed by atoms with Crippen LogP contribution in [0.2, 0.25) is 0 Å². The van der Waals surface area contributed by atoms with Crippen LogP contribution in [0, 0.1) is 0 Å². The van der Waals surface area contributed by atoms with Crippen molar-refractivity contribution in [2.45, 2.75) is 26.4 Å². The number of amides is 1. The van der Waals surface area contributed by atoms with Gasteiger partial charge in [0.1, 0.15) is 12.2 Å². The van der Waals surface area contributed by atoms with E-state index in [0.717, 1.165) is 0 Å². The number of aromatic nitrogens is 4. The molecule has 2 N–H and O–H groups in total. The average Bonchev–Trinajstić information content (AvgIpc) is 2.82. The van der Waals surface area contributed by atoms with E-state index in [9.17, 15) is 14.7 Å². The first-order chi connectivity index (χ1) is 9.99. The Hall–Kier alpha value is -2.77. The Balaban J connectivity index is 2.39. The second kappa shape index (κ2) is 6.12. The number of carboxylic acid groups (broad SMARTS) is 1. The lowest BCUT2D eigenvalue weighted by Crippen LogP contribution is -2.33. The van der Waals surface area contributed by atoms with Gasteiger partial charge in [0, 0.05) is 24.0 Å². The molecule has 0 radical (unpaired) electrons. The maximum absolute atomic E-state index is 11.8. The van der Waals surface area contributed by atoms with Crippen LogP contribution in [-0.4, -0.2) is 43.0 Å². The standard InChI is InChI=1S/C13H15N5O3/c1-8(2)15-10(19)7-18-12(9-4-3-5-14-6-9)11(13(20)21)16-17-18/h3-6,8H,7H2,1-2H3,(H,15,19)(H,20,21). The number of nitrogens with one attached hydrogen (secondary N) is 1. The lowest BCUT2D eigenvalue weighted by atomic mass is 10.1. The number of hydrogen-bond donors (Lipinski definition) is 2. The number of rotatable bonds is 5. The first-order valence-corrected chi connectivity index (χ1v) is 6.35. The Bertz CT molecular complexity index is 651. The van der Waals surface area contributed by atoms with Crippen molar-refractivity contribution in [2.75, 3.05) is 0 Å². The molecule has 0 aromatic carbocycles. The van der Waals surface area contributed by atoms with E-state index in [4.69, 9.17) is 0 Å². The molecule has 2 heterocycles. The summed E-state index contributed by atoms with van der Waals surface area (Å²) in [5.41, 5.74) is 0.590. The van der Waals surface area contributed by atoms with E-state index in [1.165, 1.54) is 10.9 Å². The monoisotopic (exact) mass is 289 g/mol. The smallest absolute Gasteiger partial charge is 0.358 e. The molecular formula is C13H15N5O3. The Morgan fingerprint density at radius 1 is 1.43 bits per heavy atom. The number of carboxylic acids is 1. The van der Waals surface area contributed by atoms with Crippen LogP contribution in [0.4, 0.5) is 0 Å². The molecule has 1 amide bonds. The van der Waals surface area contributed by atoms with Gasteiger partial charge in [-0.25, -0.2) is 9.48 Å². The molecule has 0 bridgehead atoms. The molecule has 110 valence electrons. The predicted octanol–water partition coefficient (Wildman–Crippen LogP) is 0.563. The second-order valence-corrected chi connectivity index (χ2v) is 4.71. The molecule has 2 aromatic heterocycles. The minimum atomic E-state index is -1.20. The highest BCUT2D eigenvalue weighted by atomic mass is 16.4. The van der Waals surface area contributed by atoms with E-state index in [2.05, 4.69) is 20.6 Å². The molecule has 0 fully saturated rings. The van der Waals surface area contributed by atoms with Gasteiger partial charge in [-0.05, 0) is 26.0 Å². The van der Waals surface area contributed by atoms with Crippen molar-refractivity contribution in [3.8, 4) is 11.3 Å². The van der Waals surface area contributed by atoms with Crippen molar-refractivity contribution < 1.29 is 14.7 Å². The van der Waals surface area contributed by atoms with Crippen molar-refractivity contribution in [3.05, 3.63) is 30.2 Å². The normalized spacial score (nSPS) is 10.6. The van der Waals surface area contributed by atoms with E-state index in [-0.39, 0.29) is 29.9 Å². The van der Waals surface area contributed by atoms with Gasteiger partial charge in [0.25, 0.3) is 0 Å². The fourth-order valence-corrected chi connectivity index (χ4v) is 1.86. The van der Waals surface area contributed by atoms with Gasteiger partial charge >= 0.3 is 5.97 Å². The molecule has 8 heteroatoms. The van der Waals surface area contributed by atoms with E-state index in [1.807, 2.05) is 13.8 Å². The summed E-state index contributed by atoms with van der Waals surface area (Å²) in [6, 6.07) is 3.35. The summed E-state index contributed by atoms with van der Waals surface area (Å²) in [7, 11) is 0. The van der Waals surface area contributed by atoms with Crippen LogP contribution < -0.4 is 5.32 Å². The van der Waals surface area contributed by atoms with Gasteiger partial charge in [-0.2, -0.15) is 0 Å². The van der Waals surface area contributed by atoms with Crippen LogP contribution in [-0.2, 0) is 11.3 Å². The first kappa shape index (κ1) is 14.6. The molecule has 8 nitrogen and oxygen atoms in total. The first-order valence-electron chi connectivity index (χ1n) is 6.35. The van der Waals surface area contributed by atoms with Crippen molar-refractivity contribution in [1.29, 1.82) is 0 Å².